The van der Waals surface area contributed by atoms with Gasteiger partial charge in [-0.3, -0.25) is 14.9 Å². The molecule has 0 aliphatic carbocycles. The maximum Gasteiger partial charge on any atom is 0.287 e. The number of nitrogens with one attached hydrogen (secondary N) is 2. The molecule has 0 unspecified atom stereocenters. The Morgan fingerprint density at radius 3 is 2.69 bits per heavy atom. The molecule has 0 atom stereocenters. The molecule has 3 aromatic heterocycles. The number of hydrogen-bond acceptors (Lipinski definition) is 8. The van der Waals surface area contributed by atoms with Gasteiger partial charge in [-0.25, -0.2) is 15.4 Å². The predicted octanol–water partition coefficient (Wildman–Crippen LogP) is 5.31. The summed E-state index contributed by atoms with van der Waals surface area (Å²) in [6.45, 7) is 3.96. The number of hydrazone groups is 1. The van der Waals surface area contributed by atoms with E-state index in [0.29, 0.717) is 10.9 Å². The first kappa shape index (κ1) is 25.7. The first-order valence-corrected chi connectivity index (χ1v) is 12.8. The maximum absolute atomic E-state index is 12.3. The number of benzene rings is 2. The molecule has 2 N–H and O–H groups in total. The number of fused-ring (bicyclic) bond motifs is 1. The monoisotopic (exact) mass is 541 g/mol. The van der Waals surface area contributed by atoms with E-state index in [1.807, 2.05) is 56.3 Å². The summed E-state index contributed by atoms with van der Waals surface area (Å²) in [4.78, 5) is 34.1. The molecule has 3 heterocycles. The van der Waals surface area contributed by atoms with Crippen LogP contribution < -0.4 is 10.2 Å². The number of aromatic nitrogens is 4. The van der Waals surface area contributed by atoms with Gasteiger partial charge in [-0.15, -0.1) is 0 Å². The average molecular weight is 542 g/mol. The number of nitro groups is 1. The van der Waals surface area contributed by atoms with Gasteiger partial charge in [0.05, 0.1) is 27.9 Å². The molecule has 196 valence electrons. The first-order chi connectivity index (χ1) is 18.9. The zero-order valence-electron chi connectivity index (χ0n) is 21.0. The molecule has 12 heteroatoms. The molecule has 11 nitrogen and oxygen atoms in total. The second-order valence-electron chi connectivity index (χ2n) is 8.51. The molecule has 39 heavy (non-hydrogen) atoms. The number of hydrogen-bond donors (Lipinski definition) is 2. The van der Waals surface area contributed by atoms with E-state index in [0.717, 1.165) is 39.9 Å². The number of amides is 1. The topological polar surface area (TPSA) is 140 Å². The van der Waals surface area contributed by atoms with Crippen LogP contribution in [-0.2, 0) is 4.79 Å². The zero-order valence-corrected chi connectivity index (χ0v) is 21.8. The predicted molar refractivity (Wildman–Crippen MR) is 149 cm³/mol. The first-order valence-electron chi connectivity index (χ1n) is 11.8. The molecule has 0 saturated heterocycles. The van der Waals surface area contributed by atoms with Crippen LogP contribution in [0.4, 0.5) is 5.69 Å². The number of thioether (sulfide) groups is 1. The Hall–Kier alpha value is -4.97. The van der Waals surface area contributed by atoms with Crippen LogP contribution in [0.1, 0.15) is 17.0 Å². The minimum Gasteiger partial charge on any atom is -0.439 e. The molecule has 2 aromatic carbocycles. The van der Waals surface area contributed by atoms with Gasteiger partial charge in [-0.1, -0.05) is 23.9 Å². The minimum absolute atomic E-state index is 0.100. The lowest BCUT2D eigenvalue weighted by Gasteiger charge is -2.11. The standard InChI is InChI=1S/C27H23N7O4S/c1-17-13-19(14-29-32-25(35)16-39-27-30-23-5-3-4-6-24(23)31-27)18(2)33(17)20-7-10-22(11-8-20)38-26-12-9-21(15-28-26)34(36)37/h3-15H,16H2,1-2H3,(H,30,31)(H,32,35)/b29-14-. The molecule has 0 saturated carbocycles. The molecular formula is C27H23N7O4S. The highest BCUT2D eigenvalue weighted by Crippen LogP contribution is 2.25. The fourth-order valence-corrected chi connectivity index (χ4v) is 4.66. The van der Waals surface area contributed by atoms with Crippen molar-refractivity contribution in [1.82, 2.24) is 24.9 Å². The van der Waals surface area contributed by atoms with Crippen molar-refractivity contribution in [3.63, 3.8) is 0 Å². The largest absolute Gasteiger partial charge is 0.439 e. The maximum atomic E-state index is 12.3. The van der Waals surface area contributed by atoms with Gasteiger partial charge in [0, 0.05) is 34.8 Å². The van der Waals surface area contributed by atoms with E-state index in [9.17, 15) is 14.9 Å². The molecule has 0 radical (unpaired) electrons. The van der Waals surface area contributed by atoms with E-state index in [1.165, 1.54) is 23.9 Å². The molecule has 0 aliphatic heterocycles. The highest BCUT2D eigenvalue weighted by molar-refractivity contribution is 7.99. The van der Waals surface area contributed by atoms with Crippen molar-refractivity contribution in [2.75, 3.05) is 5.75 Å². The molecule has 1 amide bonds. The van der Waals surface area contributed by atoms with Crippen LogP contribution in [0.5, 0.6) is 11.6 Å². The normalized spacial score (nSPS) is 11.2. The quantitative estimate of drug-likeness (QED) is 0.112. The summed E-state index contributed by atoms with van der Waals surface area (Å²) in [5, 5.41) is 15.6. The van der Waals surface area contributed by atoms with Crippen LogP contribution in [0.2, 0.25) is 0 Å². The Morgan fingerprint density at radius 2 is 1.97 bits per heavy atom. The smallest absolute Gasteiger partial charge is 0.287 e. The highest BCUT2D eigenvalue weighted by Gasteiger charge is 2.11. The Bertz CT molecular complexity index is 1640. The Morgan fingerprint density at radius 1 is 1.18 bits per heavy atom. The third-order valence-corrected chi connectivity index (χ3v) is 6.69. The number of imidazole rings is 1. The number of ether oxygens (including phenoxy) is 1. The van der Waals surface area contributed by atoms with Crippen LogP contribution in [0.25, 0.3) is 16.7 Å². The van der Waals surface area contributed by atoms with Crippen LogP contribution in [0, 0.1) is 24.0 Å². The van der Waals surface area contributed by atoms with E-state index < -0.39 is 4.92 Å². The zero-order chi connectivity index (χ0) is 27.4. The van der Waals surface area contributed by atoms with Crippen molar-refractivity contribution >= 4 is 40.6 Å². The Labute approximate surface area is 227 Å². The van der Waals surface area contributed by atoms with Gasteiger partial charge in [0.25, 0.3) is 11.6 Å². The van der Waals surface area contributed by atoms with Crippen molar-refractivity contribution in [3.8, 4) is 17.3 Å². The summed E-state index contributed by atoms with van der Waals surface area (Å²) < 4.78 is 7.76. The Kier molecular flexibility index (Phi) is 7.37. The molecule has 0 bridgehead atoms. The number of carbonyl (C=O) groups excluding carboxylic acids is 1. The van der Waals surface area contributed by atoms with Crippen molar-refractivity contribution in [3.05, 3.63) is 100.0 Å². The van der Waals surface area contributed by atoms with Gasteiger partial charge in [0.2, 0.25) is 5.88 Å². The minimum atomic E-state index is -0.511. The summed E-state index contributed by atoms with van der Waals surface area (Å²) in [5.41, 5.74) is 7.99. The van der Waals surface area contributed by atoms with E-state index in [1.54, 1.807) is 18.3 Å². The number of para-hydroxylation sites is 2. The van der Waals surface area contributed by atoms with Gasteiger partial charge in [-0.05, 0) is 56.3 Å². The molecule has 0 fully saturated rings. The van der Waals surface area contributed by atoms with Crippen molar-refractivity contribution in [2.45, 2.75) is 19.0 Å². The lowest BCUT2D eigenvalue weighted by molar-refractivity contribution is -0.385. The van der Waals surface area contributed by atoms with E-state index in [4.69, 9.17) is 4.74 Å². The van der Waals surface area contributed by atoms with Crippen molar-refractivity contribution in [1.29, 1.82) is 0 Å². The molecule has 5 aromatic rings. The third kappa shape index (κ3) is 5.96. The SMILES string of the molecule is Cc1cc(/C=N\NC(=O)CSc2nc3ccccc3[nH]2)c(C)n1-c1ccc(Oc2ccc([N+](=O)[O-])cn2)cc1. The lowest BCUT2D eigenvalue weighted by Crippen LogP contribution is -2.19. The number of pyridine rings is 1. The van der Waals surface area contributed by atoms with Crippen LogP contribution in [-0.4, -0.2) is 42.3 Å². The van der Waals surface area contributed by atoms with Crippen LogP contribution >= 0.6 is 11.8 Å². The Balaban J connectivity index is 1.19. The molecular weight excluding hydrogens is 518 g/mol. The van der Waals surface area contributed by atoms with Gasteiger partial charge in [-0.2, -0.15) is 5.10 Å². The fourth-order valence-electron chi connectivity index (χ4n) is 3.98. The number of carbonyl (C=O) groups is 1. The highest BCUT2D eigenvalue weighted by atomic mass is 32.2. The van der Waals surface area contributed by atoms with E-state index in [-0.39, 0.29) is 23.2 Å². The van der Waals surface area contributed by atoms with E-state index in [2.05, 4.69) is 30.0 Å². The second-order valence-corrected chi connectivity index (χ2v) is 9.47. The summed E-state index contributed by atoms with van der Waals surface area (Å²) in [5.74, 6) is 0.759. The second kappa shape index (κ2) is 11.2. The average Bonchev–Trinajstić information content (AvgIpc) is 3.48. The molecule has 5 rings (SSSR count). The van der Waals surface area contributed by atoms with Crippen molar-refractivity contribution < 1.29 is 14.5 Å². The fraction of sp³-hybridized carbons (Fsp3) is 0.111. The summed E-state index contributed by atoms with van der Waals surface area (Å²) in [6.07, 6.45) is 2.78. The van der Waals surface area contributed by atoms with Gasteiger partial charge in [0.1, 0.15) is 11.9 Å². The van der Waals surface area contributed by atoms with Gasteiger partial charge >= 0.3 is 0 Å². The number of nitrogens with zero attached hydrogens (tertiary/aromatic N) is 5. The molecule has 0 aliphatic rings. The number of aromatic amines is 1. The third-order valence-electron chi connectivity index (χ3n) is 5.82. The summed E-state index contributed by atoms with van der Waals surface area (Å²) >= 11 is 1.31. The van der Waals surface area contributed by atoms with Crippen molar-refractivity contribution in [2.24, 2.45) is 5.10 Å². The summed E-state index contributed by atoms with van der Waals surface area (Å²) in [6, 6.07) is 19.9. The number of aryl methyl sites for hydroxylation is 1. The lowest BCUT2D eigenvalue weighted by atomic mass is 10.2. The van der Waals surface area contributed by atoms with Gasteiger partial charge < -0.3 is 14.3 Å². The number of H-pyrrole nitrogens is 1. The number of rotatable bonds is 9. The van der Waals surface area contributed by atoms with Gasteiger partial charge in [0.15, 0.2) is 5.16 Å². The summed E-state index contributed by atoms with van der Waals surface area (Å²) in [7, 11) is 0. The van der Waals surface area contributed by atoms with E-state index >= 15 is 0 Å². The van der Waals surface area contributed by atoms with Crippen LogP contribution in [0.15, 0.2) is 83.2 Å². The van der Waals surface area contributed by atoms with Crippen LogP contribution in [0.3, 0.4) is 0 Å². The molecule has 0 spiro atoms.